The van der Waals surface area contributed by atoms with E-state index >= 15 is 0 Å². The van der Waals surface area contributed by atoms with Gasteiger partial charge in [0.25, 0.3) is 0 Å². The third-order valence-corrected chi connectivity index (χ3v) is 3.14. The summed E-state index contributed by atoms with van der Waals surface area (Å²) < 4.78 is 1.77. The van der Waals surface area contributed by atoms with Gasteiger partial charge in [-0.3, -0.25) is 4.68 Å². The van der Waals surface area contributed by atoms with Gasteiger partial charge in [0.15, 0.2) is 0 Å². The zero-order valence-corrected chi connectivity index (χ0v) is 11.2. The van der Waals surface area contributed by atoms with Gasteiger partial charge >= 0.3 is 0 Å². The van der Waals surface area contributed by atoms with Crippen LogP contribution in [0.4, 0.5) is 5.69 Å². The highest BCUT2D eigenvalue weighted by molar-refractivity contribution is 6.31. The summed E-state index contributed by atoms with van der Waals surface area (Å²) in [6, 6.07) is 5.12. The van der Waals surface area contributed by atoms with Gasteiger partial charge in [-0.1, -0.05) is 24.6 Å². The number of phenolic OH excluding ortho intramolecular Hbond substituents is 1. The summed E-state index contributed by atoms with van der Waals surface area (Å²) in [6.07, 6.45) is 2.78. The van der Waals surface area contributed by atoms with Crippen LogP contribution in [0.5, 0.6) is 5.75 Å². The fourth-order valence-electron chi connectivity index (χ4n) is 1.85. The number of nitrogens with one attached hydrogen (secondary N) is 1. The van der Waals surface area contributed by atoms with Crippen LogP contribution >= 0.6 is 11.6 Å². The first-order valence-electron chi connectivity index (χ1n) is 5.84. The molecule has 0 amide bonds. The molecule has 0 radical (unpaired) electrons. The number of hydrogen-bond acceptors (Lipinski definition) is 3. The third-order valence-electron chi connectivity index (χ3n) is 2.79. The van der Waals surface area contributed by atoms with Crippen molar-refractivity contribution in [3.8, 4) is 5.75 Å². The second-order valence-electron chi connectivity index (χ2n) is 4.11. The highest BCUT2D eigenvalue weighted by atomic mass is 35.5. The average Bonchev–Trinajstić information content (AvgIpc) is 2.69. The van der Waals surface area contributed by atoms with Crippen molar-refractivity contribution in [1.82, 2.24) is 9.78 Å². The molecular formula is C13H16ClN3O. The maximum absolute atomic E-state index is 9.76. The average molecular weight is 266 g/mol. The van der Waals surface area contributed by atoms with Crippen LogP contribution in [0.3, 0.4) is 0 Å². The van der Waals surface area contributed by atoms with Crippen molar-refractivity contribution in [2.24, 2.45) is 7.05 Å². The fourth-order valence-corrected chi connectivity index (χ4v) is 2.09. The Hall–Kier alpha value is -1.68. The predicted octanol–water partition coefficient (Wildman–Crippen LogP) is 2.95. The molecule has 1 aromatic heterocycles. The number of rotatable bonds is 4. The number of halogens is 1. The summed E-state index contributed by atoms with van der Waals surface area (Å²) in [5.74, 6) is 0.205. The van der Waals surface area contributed by atoms with Crippen LogP contribution in [0, 0.1) is 0 Å². The van der Waals surface area contributed by atoms with Crippen molar-refractivity contribution >= 4 is 17.3 Å². The Balaban J connectivity index is 2.16. The Kier molecular flexibility index (Phi) is 3.77. The number of aromatic hydroxyl groups is 1. The largest absolute Gasteiger partial charge is 0.508 e. The van der Waals surface area contributed by atoms with Crippen molar-refractivity contribution in [1.29, 1.82) is 0 Å². The number of nitrogens with zero attached hydrogens (tertiary/aromatic N) is 2. The molecule has 2 rings (SSSR count). The fraction of sp³-hybridized carbons (Fsp3) is 0.308. The monoisotopic (exact) mass is 265 g/mol. The summed E-state index contributed by atoms with van der Waals surface area (Å²) >= 11 is 6.05. The summed E-state index contributed by atoms with van der Waals surface area (Å²) in [5.41, 5.74) is 2.67. The van der Waals surface area contributed by atoms with E-state index in [0.29, 0.717) is 17.1 Å². The first-order valence-corrected chi connectivity index (χ1v) is 6.22. The van der Waals surface area contributed by atoms with Crippen LogP contribution in [0.25, 0.3) is 0 Å². The van der Waals surface area contributed by atoms with Crippen LogP contribution in [0.15, 0.2) is 24.4 Å². The Morgan fingerprint density at radius 3 is 2.89 bits per heavy atom. The predicted molar refractivity (Wildman–Crippen MR) is 73.0 cm³/mol. The second kappa shape index (κ2) is 5.31. The van der Waals surface area contributed by atoms with Crippen LogP contribution in [0.2, 0.25) is 5.02 Å². The van der Waals surface area contributed by atoms with Crippen LogP contribution in [-0.2, 0) is 20.0 Å². The van der Waals surface area contributed by atoms with Gasteiger partial charge < -0.3 is 10.4 Å². The highest BCUT2D eigenvalue weighted by Gasteiger charge is 2.09. The van der Waals surface area contributed by atoms with Gasteiger partial charge in [-0.05, 0) is 18.6 Å². The van der Waals surface area contributed by atoms with E-state index in [1.807, 2.05) is 13.2 Å². The van der Waals surface area contributed by atoms with Gasteiger partial charge in [0.2, 0.25) is 0 Å². The van der Waals surface area contributed by atoms with Crippen LogP contribution < -0.4 is 5.32 Å². The number of phenols is 1. The zero-order valence-electron chi connectivity index (χ0n) is 10.4. The van der Waals surface area contributed by atoms with Crippen LogP contribution in [0.1, 0.15) is 18.2 Å². The molecule has 0 saturated carbocycles. The molecule has 1 aromatic carbocycles. The molecular weight excluding hydrogens is 250 g/mol. The quantitative estimate of drug-likeness (QED) is 0.894. The van der Waals surface area contributed by atoms with Gasteiger partial charge in [0, 0.05) is 30.4 Å². The lowest BCUT2D eigenvalue weighted by molar-refractivity contribution is 0.469. The lowest BCUT2D eigenvalue weighted by Crippen LogP contribution is -2.01. The molecule has 96 valence electrons. The van der Waals surface area contributed by atoms with Gasteiger partial charge in [0.05, 0.1) is 11.4 Å². The Bertz CT molecular complexity index is 531. The molecule has 0 atom stereocenters. The minimum atomic E-state index is 0.205. The first-order chi connectivity index (χ1) is 8.61. The van der Waals surface area contributed by atoms with E-state index in [0.717, 1.165) is 17.8 Å². The maximum atomic E-state index is 9.76. The second-order valence-corrected chi connectivity index (χ2v) is 4.51. The lowest BCUT2D eigenvalue weighted by Gasteiger charge is -2.09. The van der Waals surface area contributed by atoms with Gasteiger partial charge in [-0.2, -0.15) is 5.10 Å². The number of hydrogen-bond donors (Lipinski definition) is 2. The summed E-state index contributed by atoms with van der Waals surface area (Å²) in [4.78, 5) is 0. The molecule has 0 bridgehead atoms. The molecule has 0 fully saturated rings. The van der Waals surface area contributed by atoms with E-state index in [4.69, 9.17) is 11.6 Å². The van der Waals surface area contributed by atoms with Gasteiger partial charge in [-0.25, -0.2) is 0 Å². The SMILES string of the molecule is CCc1nn(C)cc1NCc1c(O)cccc1Cl. The minimum absolute atomic E-state index is 0.205. The standard InChI is InChI=1S/C13H16ClN3O/c1-3-11-12(8-17(2)16-11)15-7-9-10(14)5-4-6-13(9)18/h4-6,8,15,18H,3,7H2,1-2H3. The summed E-state index contributed by atoms with van der Waals surface area (Å²) in [6.45, 7) is 2.53. The van der Waals surface area contributed by atoms with Crippen molar-refractivity contribution in [3.63, 3.8) is 0 Å². The summed E-state index contributed by atoms with van der Waals surface area (Å²) in [7, 11) is 1.89. The maximum Gasteiger partial charge on any atom is 0.122 e. The van der Waals surface area contributed by atoms with Crippen molar-refractivity contribution in [3.05, 3.63) is 40.7 Å². The first kappa shape index (κ1) is 12.8. The van der Waals surface area contributed by atoms with E-state index in [9.17, 15) is 5.11 Å². The summed E-state index contributed by atoms with van der Waals surface area (Å²) in [5, 5.41) is 17.9. The number of aromatic nitrogens is 2. The topological polar surface area (TPSA) is 50.1 Å². The third kappa shape index (κ3) is 2.59. The molecule has 2 N–H and O–H groups in total. The van der Waals surface area contributed by atoms with Crippen LogP contribution in [-0.4, -0.2) is 14.9 Å². The Labute approximate surface area is 111 Å². The molecule has 0 aliphatic heterocycles. The molecule has 1 heterocycles. The van der Waals surface area contributed by atoms with Crippen molar-refractivity contribution < 1.29 is 5.11 Å². The smallest absolute Gasteiger partial charge is 0.122 e. The van der Waals surface area contributed by atoms with E-state index in [1.54, 1.807) is 22.9 Å². The molecule has 4 nitrogen and oxygen atoms in total. The molecule has 0 spiro atoms. The van der Waals surface area contributed by atoms with Crippen molar-refractivity contribution in [2.75, 3.05) is 5.32 Å². The number of anilines is 1. The van der Waals surface area contributed by atoms with E-state index in [2.05, 4.69) is 17.3 Å². The number of benzene rings is 1. The van der Waals surface area contributed by atoms with E-state index < -0.39 is 0 Å². The van der Waals surface area contributed by atoms with Crippen molar-refractivity contribution in [2.45, 2.75) is 19.9 Å². The molecule has 0 aliphatic carbocycles. The molecule has 2 aromatic rings. The van der Waals surface area contributed by atoms with E-state index in [1.165, 1.54) is 0 Å². The van der Waals surface area contributed by atoms with E-state index in [-0.39, 0.29) is 5.75 Å². The lowest BCUT2D eigenvalue weighted by atomic mass is 10.2. The Morgan fingerprint density at radius 1 is 1.44 bits per heavy atom. The Morgan fingerprint density at radius 2 is 2.22 bits per heavy atom. The molecule has 0 saturated heterocycles. The minimum Gasteiger partial charge on any atom is -0.508 e. The molecule has 18 heavy (non-hydrogen) atoms. The van der Waals surface area contributed by atoms with Gasteiger partial charge in [-0.15, -0.1) is 0 Å². The van der Waals surface area contributed by atoms with Gasteiger partial charge in [0.1, 0.15) is 5.75 Å². The zero-order chi connectivity index (χ0) is 13.1. The molecule has 0 unspecified atom stereocenters. The highest BCUT2D eigenvalue weighted by Crippen LogP contribution is 2.26. The molecule has 0 aliphatic rings. The normalized spacial score (nSPS) is 10.6. The molecule has 5 heteroatoms. The number of aryl methyl sites for hydroxylation is 2.